The summed E-state index contributed by atoms with van der Waals surface area (Å²) in [5, 5.41) is 0. The van der Waals surface area contributed by atoms with Crippen molar-refractivity contribution in [2.45, 2.75) is 43.9 Å². The van der Waals surface area contributed by atoms with Gasteiger partial charge in [-0.1, -0.05) is 26.7 Å². The molecule has 1 aromatic rings. The van der Waals surface area contributed by atoms with E-state index in [0.29, 0.717) is 5.56 Å². The summed E-state index contributed by atoms with van der Waals surface area (Å²) < 4.78 is 42.4. The highest BCUT2D eigenvalue weighted by atomic mass is 32.2. The van der Waals surface area contributed by atoms with Crippen LogP contribution in [0.2, 0.25) is 0 Å². The topological polar surface area (TPSA) is 60.4 Å². The molecule has 6 heteroatoms. The third kappa shape index (κ3) is 4.27. The molecule has 0 aliphatic heterocycles. The van der Waals surface area contributed by atoms with Crippen LogP contribution in [-0.2, 0) is 14.6 Å². The number of esters is 1. The van der Waals surface area contributed by atoms with Crippen LogP contribution in [0.25, 0.3) is 0 Å². The van der Waals surface area contributed by atoms with Gasteiger partial charge in [-0.2, -0.15) is 0 Å². The molecule has 0 saturated heterocycles. The van der Waals surface area contributed by atoms with Crippen LogP contribution in [0.5, 0.6) is 0 Å². The van der Waals surface area contributed by atoms with Gasteiger partial charge in [0.05, 0.1) is 17.6 Å². The maximum absolute atomic E-state index is 14.0. The maximum atomic E-state index is 14.0. The molecule has 0 aliphatic rings. The van der Waals surface area contributed by atoms with Gasteiger partial charge in [0.25, 0.3) is 0 Å². The minimum atomic E-state index is -3.56. The highest BCUT2D eigenvalue weighted by Crippen LogP contribution is 2.30. The van der Waals surface area contributed by atoms with E-state index in [1.54, 1.807) is 0 Å². The summed E-state index contributed by atoms with van der Waals surface area (Å²) in [7, 11) is -2.43. The second-order valence-electron chi connectivity index (χ2n) is 5.18. The fraction of sp³-hybridized carbons (Fsp3) is 0.533. The summed E-state index contributed by atoms with van der Waals surface area (Å²) in [4.78, 5) is 11.5. The normalized spacial score (nSPS) is 13.0. The van der Waals surface area contributed by atoms with Crippen LogP contribution >= 0.6 is 0 Å². The molecule has 0 radical (unpaired) electrons. The molecule has 4 nitrogen and oxygen atoms in total. The van der Waals surface area contributed by atoms with Crippen LogP contribution in [0.4, 0.5) is 4.39 Å². The van der Waals surface area contributed by atoms with Gasteiger partial charge in [-0.15, -0.1) is 0 Å². The van der Waals surface area contributed by atoms with Gasteiger partial charge in [-0.3, -0.25) is 0 Å². The third-order valence-electron chi connectivity index (χ3n) is 3.43. The van der Waals surface area contributed by atoms with Crippen molar-refractivity contribution in [2.24, 2.45) is 0 Å². The molecule has 0 bridgehead atoms. The summed E-state index contributed by atoms with van der Waals surface area (Å²) in [6.07, 6.45) is 3.71. The number of unbranched alkanes of at least 4 members (excludes halogenated alkanes) is 1. The van der Waals surface area contributed by atoms with Crippen molar-refractivity contribution in [1.29, 1.82) is 0 Å². The van der Waals surface area contributed by atoms with Gasteiger partial charge < -0.3 is 4.74 Å². The Bertz CT molecular complexity index is 623. The molecule has 1 rings (SSSR count). The molecule has 0 fully saturated rings. The molecule has 118 valence electrons. The highest BCUT2D eigenvalue weighted by Gasteiger charge is 2.23. The Kier molecular flexibility index (Phi) is 5.89. The van der Waals surface area contributed by atoms with Crippen molar-refractivity contribution in [3.05, 3.63) is 29.1 Å². The lowest BCUT2D eigenvalue weighted by atomic mass is 9.94. The van der Waals surface area contributed by atoms with Crippen LogP contribution in [0, 0.1) is 5.82 Å². The number of benzene rings is 1. The molecule has 1 atom stereocenters. The van der Waals surface area contributed by atoms with Gasteiger partial charge in [0.15, 0.2) is 9.84 Å². The zero-order chi connectivity index (χ0) is 16.2. The molecular weight excluding hydrogens is 295 g/mol. The largest absolute Gasteiger partial charge is 0.465 e. The number of ether oxygens (including phenoxy) is 1. The van der Waals surface area contributed by atoms with Gasteiger partial charge in [-0.25, -0.2) is 17.6 Å². The van der Waals surface area contributed by atoms with E-state index in [1.165, 1.54) is 0 Å². The molecule has 0 aromatic heterocycles. The second kappa shape index (κ2) is 7.02. The second-order valence-corrected chi connectivity index (χ2v) is 7.16. The van der Waals surface area contributed by atoms with Crippen molar-refractivity contribution in [2.75, 3.05) is 13.4 Å². The number of hydrogen-bond acceptors (Lipinski definition) is 4. The van der Waals surface area contributed by atoms with Crippen molar-refractivity contribution >= 4 is 15.8 Å². The minimum absolute atomic E-state index is 0.00657. The Labute approximate surface area is 125 Å². The molecule has 21 heavy (non-hydrogen) atoms. The average Bonchev–Trinajstić information content (AvgIpc) is 2.42. The Morgan fingerprint density at radius 2 is 2.00 bits per heavy atom. The van der Waals surface area contributed by atoms with Gasteiger partial charge in [0.2, 0.25) is 0 Å². The van der Waals surface area contributed by atoms with Crippen molar-refractivity contribution in [1.82, 2.24) is 0 Å². The summed E-state index contributed by atoms with van der Waals surface area (Å²) >= 11 is 0. The quantitative estimate of drug-likeness (QED) is 0.597. The van der Waals surface area contributed by atoms with E-state index in [0.717, 1.165) is 44.8 Å². The maximum Gasteiger partial charge on any atom is 0.340 e. The van der Waals surface area contributed by atoms with Gasteiger partial charge in [0, 0.05) is 6.26 Å². The number of hydrogen-bond donors (Lipinski definition) is 0. The lowest BCUT2D eigenvalue weighted by Gasteiger charge is -2.17. The van der Waals surface area contributed by atoms with Crippen LogP contribution in [-0.4, -0.2) is 27.8 Å². The SMILES string of the molecule is CCCCC(C)c1cc(F)c(C(=O)OC)cc1S(C)(=O)=O. The van der Waals surface area contributed by atoms with Crippen LogP contribution in [0.15, 0.2) is 17.0 Å². The number of sulfone groups is 1. The van der Waals surface area contributed by atoms with Crippen LogP contribution in [0.3, 0.4) is 0 Å². The predicted molar refractivity (Wildman–Crippen MR) is 78.8 cm³/mol. The Hall–Kier alpha value is -1.43. The molecular formula is C15H21FO4S. The summed E-state index contributed by atoms with van der Waals surface area (Å²) in [5.74, 6) is -1.74. The monoisotopic (exact) mass is 316 g/mol. The molecule has 0 spiro atoms. The van der Waals surface area contributed by atoms with Gasteiger partial charge >= 0.3 is 5.97 Å². The zero-order valence-electron chi connectivity index (χ0n) is 12.8. The molecule has 1 unspecified atom stereocenters. The van der Waals surface area contributed by atoms with Crippen molar-refractivity contribution in [3.8, 4) is 0 Å². The van der Waals surface area contributed by atoms with E-state index < -0.39 is 21.6 Å². The van der Waals surface area contributed by atoms with Crippen molar-refractivity contribution < 1.29 is 22.3 Å². The molecule has 0 amide bonds. The molecule has 0 saturated carbocycles. The number of halogens is 1. The lowest BCUT2D eigenvalue weighted by Crippen LogP contribution is -2.12. The standard InChI is InChI=1S/C15H21FO4S/c1-5-6-7-10(2)11-8-13(16)12(15(17)20-3)9-14(11)21(4,18)19/h8-10H,5-7H2,1-4H3. The molecule has 0 heterocycles. The number of carbonyl (C=O) groups is 1. The third-order valence-corrected chi connectivity index (χ3v) is 4.58. The van der Waals surface area contributed by atoms with E-state index >= 15 is 0 Å². The highest BCUT2D eigenvalue weighted by molar-refractivity contribution is 7.90. The van der Waals surface area contributed by atoms with Crippen molar-refractivity contribution in [3.63, 3.8) is 0 Å². The minimum Gasteiger partial charge on any atom is -0.465 e. The number of rotatable bonds is 6. The van der Waals surface area contributed by atoms with Gasteiger partial charge in [-0.05, 0) is 30.0 Å². The average molecular weight is 316 g/mol. The summed E-state index contributed by atoms with van der Waals surface area (Å²) in [6.45, 7) is 3.89. The molecule has 1 aromatic carbocycles. The lowest BCUT2D eigenvalue weighted by molar-refractivity contribution is 0.0595. The molecule has 0 N–H and O–H groups in total. The fourth-order valence-corrected chi connectivity index (χ4v) is 3.23. The van der Waals surface area contributed by atoms with E-state index in [4.69, 9.17) is 0 Å². The first-order valence-corrected chi connectivity index (χ1v) is 8.73. The van der Waals surface area contributed by atoms with E-state index in [9.17, 15) is 17.6 Å². The summed E-state index contributed by atoms with van der Waals surface area (Å²) in [6, 6.07) is 2.22. The Morgan fingerprint density at radius 3 is 2.48 bits per heavy atom. The molecule has 0 aliphatic carbocycles. The smallest absolute Gasteiger partial charge is 0.340 e. The van der Waals surface area contributed by atoms with Crippen LogP contribution < -0.4 is 0 Å². The summed E-state index contributed by atoms with van der Waals surface area (Å²) in [5.41, 5.74) is 0.0560. The first-order valence-electron chi connectivity index (χ1n) is 6.84. The number of carbonyl (C=O) groups excluding carboxylic acids is 1. The Balaban J connectivity index is 3.43. The predicted octanol–water partition coefficient (Wildman–Crippen LogP) is 3.31. The van der Waals surface area contributed by atoms with E-state index in [1.807, 2.05) is 13.8 Å². The first-order chi connectivity index (χ1) is 9.72. The Morgan fingerprint density at radius 1 is 1.38 bits per heavy atom. The van der Waals surface area contributed by atoms with E-state index in [2.05, 4.69) is 4.74 Å². The van der Waals surface area contributed by atoms with E-state index in [-0.39, 0.29) is 16.4 Å². The number of methoxy groups -OCH3 is 1. The van der Waals surface area contributed by atoms with Crippen LogP contribution in [0.1, 0.15) is 54.9 Å². The van der Waals surface area contributed by atoms with Gasteiger partial charge in [0.1, 0.15) is 5.82 Å². The first kappa shape index (κ1) is 17.6. The fourth-order valence-electron chi connectivity index (χ4n) is 2.21. The zero-order valence-corrected chi connectivity index (χ0v) is 13.6.